The lowest BCUT2D eigenvalue weighted by Crippen LogP contribution is -2.42. The van der Waals surface area contributed by atoms with Crippen LogP contribution < -0.4 is 0 Å². The number of pyridine rings is 1. The van der Waals surface area contributed by atoms with Crippen molar-refractivity contribution < 1.29 is 14.7 Å². The van der Waals surface area contributed by atoms with Crippen LogP contribution in [-0.4, -0.2) is 64.5 Å². The van der Waals surface area contributed by atoms with Gasteiger partial charge in [-0.05, 0) is 44.6 Å². The maximum atomic E-state index is 12.8. The van der Waals surface area contributed by atoms with Crippen LogP contribution in [0, 0.1) is 11.8 Å². The molecule has 1 aromatic heterocycles. The van der Waals surface area contributed by atoms with Gasteiger partial charge in [-0.25, -0.2) is 0 Å². The lowest BCUT2D eigenvalue weighted by Gasteiger charge is -2.32. The molecule has 2 atom stereocenters. The number of aromatic nitrogens is 1. The largest absolute Gasteiger partial charge is 0.481 e. The summed E-state index contributed by atoms with van der Waals surface area (Å²) in [6, 6.07) is 5.54. The smallest absolute Gasteiger partial charge is 0.309 e. The van der Waals surface area contributed by atoms with Crippen molar-refractivity contribution in [2.24, 2.45) is 11.8 Å². The van der Waals surface area contributed by atoms with E-state index >= 15 is 0 Å². The maximum absolute atomic E-state index is 12.8. The van der Waals surface area contributed by atoms with E-state index in [9.17, 15) is 14.7 Å². The molecule has 6 heteroatoms. The normalized spacial score (nSPS) is 25.8. The van der Waals surface area contributed by atoms with Crippen molar-refractivity contribution in [3.63, 3.8) is 0 Å². The van der Waals surface area contributed by atoms with Crippen LogP contribution in [0.3, 0.4) is 0 Å². The molecule has 0 aliphatic carbocycles. The van der Waals surface area contributed by atoms with Gasteiger partial charge in [0.2, 0.25) is 5.91 Å². The molecular weight excluding hydrogens is 306 g/mol. The Labute approximate surface area is 142 Å². The second-order valence-electron chi connectivity index (χ2n) is 6.76. The fraction of sp³-hybridized carbons (Fsp3) is 0.611. The van der Waals surface area contributed by atoms with Crippen LogP contribution in [-0.2, 0) is 9.59 Å². The fourth-order valence-electron chi connectivity index (χ4n) is 3.88. The lowest BCUT2D eigenvalue weighted by atomic mass is 9.93. The minimum atomic E-state index is -0.846. The van der Waals surface area contributed by atoms with Crippen molar-refractivity contribution in [3.05, 3.63) is 30.1 Å². The first kappa shape index (κ1) is 16.9. The third kappa shape index (κ3) is 3.43. The van der Waals surface area contributed by atoms with Crippen molar-refractivity contribution in [1.29, 1.82) is 0 Å². The Hall–Kier alpha value is -1.95. The summed E-state index contributed by atoms with van der Waals surface area (Å²) >= 11 is 0. The minimum absolute atomic E-state index is 0.0322. The first-order chi connectivity index (χ1) is 11.6. The Morgan fingerprint density at radius 1 is 1.25 bits per heavy atom. The quantitative estimate of drug-likeness (QED) is 0.904. The zero-order valence-corrected chi connectivity index (χ0v) is 14.1. The number of likely N-dealkylation sites (tertiary alicyclic amines) is 2. The molecule has 6 nitrogen and oxygen atoms in total. The molecule has 3 heterocycles. The molecule has 0 unspecified atom stereocenters. The Bertz CT molecular complexity index is 584. The number of hydrogen-bond donors (Lipinski definition) is 1. The van der Waals surface area contributed by atoms with Gasteiger partial charge in [0.25, 0.3) is 0 Å². The summed E-state index contributed by atoms with van der Waals surface area (Å²) in [7, 11) is 0. The predicted octanol–water partition coefficient (Wildman–Crippen LogP) is 1.44. The van der Waals surface area contributed by atoms with Gasteiger partial charge in [-0.3, -0.25) is 14.6 Å². The van der Waals surface area contributed by atoms with Gasteiger partial charge in [0.05, 0.1) is 5.92 Å². The summed E-state index contributed by atoms with van der Waals surface area (Å²) in [5.41, 5.74) is 0.765. The Morgan fingerprint density at radius 2 is 2.00 bits per heavy atom. The minimum Gasteiger partial charge on any atom is -0.481 e. The molecule has 24 heavy (non-hydrogen) atoms. The highest BCUT2D eigenvalue weighted by molar-refractivity contribution is 5.81. The molecule has 2 aliphatic rings. The van der Waals surface area contributed by atoms with Crippen LogP contribution in [0.2, 0.25) is 0 Å². The molecule has 130 valence electrons. The average Bonchev–Trinajstić information content (AvgIpc) is 3.07. The number of amides is 1. The molecule has 2 saturated heterocycles. The molecule has 3 rings (SSSR count). The van der Waals surface area contributed by atoms with Gasteiger partial charge < -0.3 is 14.9 Å². The number of hydrogen-bond acceptors (Lipinski definition) is 4. The summed E-state index contributed by atoms with van der Waals surface area (Å²) in [5, 5.41) is 9.55. The van der Waals surface area contributed by atoms with Gasteiger partial charge in [0.1, 0.15) is 0 Å². The molecule has 0 radical (unpaired) electrons. The number of carbonyl (C=O) groups excluding carboxylic acids is 1. The molecule has 2 fully saturated rings. The third-order valence-electron chi connectivity index (χ3n) is 5.40. The van der Waals surface area contributed by atoms with Gasteiger partial charge in [0, 0.05) is 36.8 Å². The SMILES string of the molecule is CCN1CCC(C(=O)N2C[C@H](C(=O)O)[C@@H](c3ccccn3)C2)CC1. The monoisotopic (exact) mass is 331 g/mol. The molecule has 2 aliphatic heterocycles. The van der Waals surface area contributed by atoms with E-state index in [0.29, 0.717) is 13.1 Å². The second kappa shape index (κ2) is 7.30. The highest BCUT2D eigenvalue weighted by Crippen LogP contribution is 2.33. The summed E-state index contributed by atoms with van der Waals surface area (Å²) in [4.78, 5) is 32.9. The van der Waals surface area contributed by atoms with Crippen molar-refractivity contribution in [3.8, 4) is 0 Å². The van der Waals surface area contributed by atoms with E-state index in [1.807, 2.05) is 18.2 Å². The maximum Gasteiger partial charge on any atom is 0.309 e. The Morgan fingerprint density at radius 3 is 2.58 bits per heavy atom. The van der Waals surface area contributed by atoms with Crippen molar-refractivity contribution >= 4 is 11.9 Å². The van der Waals surface area contributed by atoms with Crippen LogP contribution in [0.4, 0.5) is 0 Å². The number of carboxylic acid groups (broad SMARTS) is 1. The average molecular weight is 331 g/mol. The number of carbonyl (C=O) groups is 2. The second-order valence-corrected chi connectivity index (χ2v) is 6.76. The first-order valence-electron chi connectivity index (χ1n) is 8.75. The molecule has 0 saturated carbocycles. The van der Waals surface area contributed by atoms with E-state index in [1.165, 1.54) is 0 Å². The predicted molar refractivity (Wildman–Crippen MR) is 89.5 cm³/mol. The topological polar surface area (TPSA) is 73.7 Å². The van der Waals surface area contributed by atoms with E-state index in [4.69, 9.17) is 0 Å². The van der Waals surface area contributed by atoms with Crippen molar-refractivity contribution in [2.45, 2.75) is 25.7 Å². The van der Waals surface area contributed by atoms with E-state index in [2.05, 4.69) is 16.8 Å². The lowest BCUT2D eigenvalue weighted by molar-refractivity contribution is -0.142. The highest BCUT2D eigenvalue weighted by Gasteiger charge is 2.42. The summed E-state index contributed by atoms with van der Waals surface area (Å²) in [5.74, 6) is -1.48. The zero-order valence-electron chi connectivity index (χ0n) is 14.1. The van der Waals surface area contributed by atoms with Crippen LogP contribution in [0.5, 0.6) is 0 Å². The van der Waals surface area contributed by atoms with Gasteiger partial charge in [0.15, 0.2) is 0 Å². The summed E-state index contributed by atoms with van der Waals surface area (Å²) < 4.78 is 0. The van der Waals surface area contributed by atoms with Crippen LogP contribution in [0.15, 0.2) is 24.4 Å². The van der Waals surface area contributed by atoms with Crippen molar-refractivity contribution in [1.82, 2.24) is 14.8 Å². The molecule has 1 amide bonds. The molecule has 0 bridgehead atoms. The van der Waals surface area contributed by atoms with E-state index in [-0.39, 0.29) is 17.7 Å². The van der Waals surface area contributed by atoms with Gasteiger partial charge in [-0.15, -0.1) is 0 Å². The van der Waals surface area contributed by atoms with Gasteiger partial charge in [-0.1, -0.05) is 13.0 Å². The number of nitrogens with zero attached hydrogens (tertiary/aromatic N) is 3. The molecule has 1 aromatic rings. The molecule has 0 spiro atoms. The Kier molecular flexibility index (Phi) is 5.14. The number of piperidine rings is 1. The molecular formula is C18H25N3O3. The summed E-state index contributed by atoms with van der Waals surface area (Å²) in [6.07, 6.45) is 3.42. The number of aliphatic carboxylic acids is 1. The van der Waals surface area contributed by atoms with Crippen LogP contribution in [0.1, 0.15) is 31.4 Å². The zero-order chi connectivity index (χ0) is 17.1. The van der Waals surface area contributed by atoms with Gasteiger partial charge >= 0.3 is 5.97 Å². The summed E-state index contributed by atoms with van der Waals surface area (Å²) in [6.45, 7) is 5.81. The van der Waals surface area contributed by atoms with E-state index in [0.717, 1.165) is 38.2 Å². The standard InChI is InChI=1S/C18H25N3O3/c1-2-20-9-6-13(7-10-20)17(22)21-11-14(15(12-21)18(23)24)16-5-3-4-8-19-16/h3-5,8,13-15H,2,6-7,9-12H2,1H3,(H,23,24)/t14-,15-/m0/s1. The van der Waals surface area contributed by atoms with Crippen LogP contribution >= 0.6 is 0 Å². The number of carboxylic acids is 1. The number of rotatable bonds is 4. The van der Waals surface area contributed by atoms with E-state index in [1.54, 1.807) is 11.1 Å². The van der Waals surface area contributed by atoms with Gasteiger partial charge in [-0.2, -0.15) is 0 Å². The fourth-order valence-corrected chi connectivity index (χ4v) is 3.88. The molecule has 1 N–H and O–H groups in total. The first-order valence-corrected chi connectivity index (χ1v) is 8.75. The third-order valence-corrected chi connectivity index (χ3v) is 5.40. The van der Waals surface area contributed by atoms with E-state index < -0.39 is 11.9 Å². The highest BCUT2D eigenvalue weighted by atomic mass is 16.4. The Balaban J connectivity index is 1.69. The van der Waals surface area contributed by atoms with Crippen LogP contribution in [0.25, 0.3) is 0 Å². The molecule has 0 aromatic carbocycles. The van der Waals surface area contributed by atoms with Crippen molar-refractivity contribution in [2.75, 3.05) is 32.7 Å².